The van der Waals surface area contributed by atoms with E-state index in [1.54, 1.807) is 6.26 Å². The topological polar surface area (TPSA) is 74.6 Å². The highest BCUT2D eigenvalue weighted by molar-refractivity contribution is 6.02. The Morgan fingerprint density at radius 3 is 2.66 bits per heavy atom. The SMILES string of the molecule is Cc1cccc(NC(=O)CN2c3ccccc3NC3=C(C(=O)CC(C)(C)C3)[C@@H]2c2ccco2)c1C. The minimum atomic E-state index is -0.510. The third kappa shape index (κ3) is 4.36. The molecular formula is C29H31N3O3. The number of Topliss-reactive ketones (excluding diaryl/α,β-unsaturated/α-hetero) is 1. The average molecular weight is 470 g/mol. The van der Waals surface area contributed by atoms with Gasteiger partial charge in [-0.25, -0.2) is 0 Å². The van der Waals surface area contributed by atoms with Crippen molar-refractivity contribution >= 4 is 28.8 Å². The summed E-state index contributed by atoms with van der Waals surface area (Å²) in [5, 5.41) is 6.63. The zero-order valence-electron chi connectivity index (χ0n) is 20.6. The van der Waals surface area contributed by atoms with Crippen LogP contribution in [0.2, 0.25) is 0 Å². The number of rotatable bonds is 4. The number of nitrogens with one attached hydrogen (secondary N) is 2. The van der Waals surface area contributed by atoms with Crippen molar-refractivity contribution in [2.45, 2.75) is 46.6 Å². The Morgan fingerprint density at radius 1 is 1.09 bits per heavy atom. The highest BCUT2D eigenvalue weighted by atomic mass is 16.3. The van der Waals surface area contributed by atoms with Crippen LogP contribution in [0.4, 0.5) is 17.1 Å². The minimum absolute atomic E-state index is 0.0604. The second-order valence-corrected chi connectivity index (χ2v) is 10.3. The molecule has 0 unspecified atom stereocenters. The van der Waals surface area contributed by atoms with Gasteiger partial charge in [-0.1, -0.05) is 38.1 Å². The summed E-state index contributed by atoms with van der Waals surface area (Å²) >= 11 is 0. The number of amides is 1. The lowest BCUT2D eigenvalue weighted by Gasteiger charge is -2.36. The van der Waals surface area contributed by atoms with Gasteiger partial charge in [0.25, 0.3) is 0 Å². The maximum absolute atomic E-state index is 13.6. The molecule has 0 bridgehead atoms. The van der Waals surface area contributed by atoms with Crippen LogP contribution in [0.3, 0.4) is 0 Å². The standard InChI is InChI=1S/C29H31N3O3/c1-18-9-7-11-20(19(18)2)31-26(34)17-32-23-12-6-5-10-21(23)30-22-15-29(3,4)16-24(33)27(22)28(32)25-13-8-14-35-25/h5-14,28,30H,15-17H2,1-4H3,(H,31,34)/t28-/m0/s1. The maximum Gasteiger partial charge on any atom is 0.243 e. The lowest BCUT2D eigenvalue weighted by molar-refractivity contribution is -0.119. The molecule has 0 saturated heterocycles. The molecule has 1 aliphatic heterocycles. The molecule has 5 rings (SSSR count). The third-order valence-corrected chi connectivity index (χ3v) is 7.01. The molecule has 2 N–H and O–H groups in total. The summed E-state index contributed by atoms with van der Waals surface area (Å²) in [6, 6.07) is 17.0. The van der Waals surface area contributed by atoms with Gasteiger partial charge in [0.05, 0.1) is 24.2 Å². The summed E-state index contributed by atoms with van der Waals surface area (Å²) in [5.41, 5.74) is 6.10. The Kier molecular flexibility index (Phi) is 5.75. The van der Waals surface area contributed by atoms with Crippen LogP contribution in [0, 0.1) is 19.3 Å². The van der Waals surface area contributed by atoms with Gasteiger partial charge in [0.2, 0.25) is 5.91 Å². The number of furan rings is 1. The van der Waals surface area contributed by atoms with E-state index in [1.165, 1.54) is 0 Å². The van der Waals surface area contributed by atoms with E-state index in [-0.39, 0.29) is 23.7 Å². The number of allylic oxidation sites excluding steroid dienone is 1. The zero-order chi connectivity index (χ0) is 24.7. The lowest BCUT2D eigenvalue weighted by Crippen LogP contribution is -2.40. The molecule has 1 aromatic heterocycles. The number of carbonyl (C=O) groups excluding carboxylic acids is 2. The molecule has 1 atom stereocenters. The molecule has 35 heavy (non-hydrogen) atoms. The molecule has 2 aliphatic rings. The van der Waals surface area contributed by atoms with Gasteiger partial charge in [-0.05, 0) is 67.1 Å². The van der Waals surface area contributed by atoms with Crippen LogP contribution in [0.15, 0.2) is 76.5 Å². The average Bonchev–Trinajstić information content (AvgIpc) is 3.28. The number of para-hydroxylation sites is 2. The van der Waals surface area contributed by atoms with Crippen molar-refractivity contribution in [3.05, 3.63) is 89.0 Å². The lowest BCUT2D eigenvalue weighted by atomic mass is 9.74. The molecule has 0 spiro atoms. The molecule has 2 aromatic carbocycles. The number of ketones is 1. The quantitative estimate of drug-likeness (QED) is 0.479. The molecule has 1 aliphatic carbocycles. The molecule has 180 valence electrons. The van der Waals surface area contributed by atoms with Crippen LogP contribution in [0.1, 0.15) is 49.6 Å². The van der Waals surface area contributed by atoms with Gasteiger partial charge in [-0.15, -0.1) is 0 Å². The monoisotopic (exact) mass is 469 g/mol. The smallest absolute Gasteiger partial charge is 0.243 e. The number of fused-ring (bicyclic) bond motifs is 1. The summed E-state index contributed by atoms with van der Waals surface area (Å²) < 4.78 is 5.87. The normalized spacial score (nSPS) is 18.9. The van der Waals surface area contributed by atoms with E-state index in [9.17, 15) is 9.59 Å². The summed E-state index contributed by atoms with van der Waals surface area (Å²) in [7, 11) is 0. The predicted molar refractivity (Wildman–Crippen MR) is 138 cm³/mol. The Morgan fingerprint density at radius 2 is 1.89 bits per heavy atom. The van der Waals surface area contributed by atoms with Crippen molar-refractivity contribution < 1.29 is 14.0 Å². The van der Waals surface area contributed by atoms with Gasteiger partial charge in [-0.3, -0.25) is 9.59 Å². The first-order valence-corrected chi connectivity index (χ1v) is 12.0. The predicted octanol–water partition coefficient (Wildman–Crippen LogP) is 6.15. The number of hydrogen-bond donors (Lipinski definition) is 2. The number of benzene rings is 2. The molecular weight excluding hydrogens is 438 g/mol. The van der Waals surface area contributed by atoms with Crippen LogP contribution in [0.25, 0.3) is 0 Å². The summed E-state index contributed by atoms with van der Waals surface area (Å²) in [6.07, 6.45) is 2.80. The molecule has 6 heteroatoms. The van der Waals surface area contributed by atoms with Crippen LogP contribution in [-0.4, -0.2) is 18.2 Å². The van der Waals surface area contributed by atoms with Crippen molar-refractivity contribution in [3.8, 4) is 0 Å². The third-order valence-electron chi connectivity index (χ3n) is 7.01. The summed E-state index contributed by atoms with van der Waals surface area (Å²) in [4.78, 5) is 29.0. The summed E-state index contributed by atoms with van der Waals surface area (Å²) in [5.74, 6) is 0.569. The number of hydrogen-bond acceptors (Lipinski definition) is 5. The molecule has 6 nitrogen and oxygen atoms in total. The fraction of sp³-hybridized carbons (Fsp3) is 0.310. The van der Waals surface area contributed by atoms with E-state index in [0.717, 1.165) is 40.3 Å². The number of nitrogens with zero attached hydrogens (tertiary/aromatic N) is 1. The van der Waals surface area contributed by atoms with E-state index >= 15 is 0 Å². The van der Waals surface area contributed by atoms with Crippen LogP contribution in [-0.2, 0) is 9.59 Å². The molecule has 0 fully saturated rings. The highest BCUT2D eigenvalue weighted by Gasteiger charge is 2.42. The van der Waals surface area contributed by atoms with Gasteiger partial charge in [-0.2, -0.15) is 0 Å². The van der Waals surface area contributed by atoms with Gasteiger partial charge in [0.15, 0.2) is 5.78 Å². The Labute approximate surface area is 206 Å². The van der Waals surface area contributed by atoms with Crippen molar-refractivity contribution in [1.29, 1.82) is 0 Å². The first-order valence-electron chi connectivity index (χ1n) is 12.0. The Bertz CT molecular complexity index is 1320. The fourth-order valence-electron chi connectivity index (χ4n) is 5.20. The first kappa shape index (κ1) is 23.0. The second kappa shape index (κ2) is 8.77. The minimum Gasteiger partial charge on any atom is -0.467 e. The van der Waals surface area contributed by atoms with Crippen LogP contribution >= 0.6 is 0 Å². The summed E-state index contributed by atoms with van der Waals surface area (Å²) in [6.45, 7) is 8.32. The highest BCUT2D eigenvalue weighted by Crippen LogP contribution is 2.48. The van der Waals surface area contributed by atoms with E-state index in [0.29, 0.717) is 17.8 Å². The van der Waals surface area contributed by atoms with Crippen molar-refractivity contribution in [2.75, 3.05) is 22.1 Å². The molecule has 2 heterocycles. The van der Waals surface area contributed by atoms with Crippen molar-refractivity contribution in [2.24, 2.45) is 5.41 Å². The number of aryl methyl sites for hydroxylation is 1. The van der Waals surface area contributed by atoms with E-state index < -0.39 is 6.04 Å². The largest absolute Gasteiger partial charge is 0.467 e. The van der Waals surface area contributed by atoms with Crippen molar-refractivity contribution in [3.63, 3.8) is 0 Å². The maximum atomic E-state index is 13.6. The van der Waals surface area contributed by atoms with E-state index in [4.69, 9.17) is 4.42 Å². The first-order chi connectivity index (χ1) is 16.7. The van der Waals surface area contributed by atoms with E-state index in [1.807, 2.05) is 73.3 Å². The van der Waals surface area contributed by atoms with Crippen LogP contribution < -0.4 is 15.5 Å². The molecule has 0 saturated carbocycles. The van der Waals surface area contributed by atoms with Gasteiger partial charge >= 0.3 is 0 Å². The molecule has 1 amide bonds. The molecule has 0 radical (unpaired) electrons. The Hall–Kier alpha value is -3.80. The Balaban J connectivity index is 1.60. The van der Waals surface area contributed by atoms with Gasteiger partial charge in [0.1, 0.15) is 11.8 Å². The zero-order valence-corrected chi connectivity index (χ0v) is 20.6. The molecule has 3 aromatic rings. The van der Waals surface area contributed by atoms with Gasteiger partial charge in [0, 0.05) is 23.4 Å². The van der Waals surface area contributed by atoms with E-state index in [2.05, 4.69) is 24.5 Å². The fourth-order valence-corrected chi connectivity index (χ4v) is 5.20. The number of carbonyl (C=O) groups is 2. The second-order valence-electron chi connectivity index (χ2n) is 10.3. The number of anilines is 3. The van der Waals surface area contributed by atoms with Gasteiger partial charge < -0.3 is 20.0 Å². The van der Waals surface area contributed by atoms with Crippen LogP contribution in [0.5, 0.6) is 0 Å². The van der Waals surface area contributed by atoms with Crippen molar-refractivity contribution in [1.82, 2.24) is 0 Å².